The molecule has 0 spiro atoms. The van der Waals surface area contributed by atoms with Gasteiger partial charge in [0.2, 0.25) is 0 Å². The largest absolute Gasteiger partial charge is 0.492 e. The highest BCUT2D eigenvalue weighted by Gasteiger charge is 2.06. The normalized spacial score (nSPS) is 9.74. The molecule has 19 heavy (non-hydrogen) atoms. The van der Waals surface area contributed by atoms with Crippen molar-refractivity contribution < 1.29 is 9.53 Å². The maximum atomic E-state index is 11.9. The van der Waals surface area contributed by atoms with E-state index in [9.17, 15) is 4.79 Å². The lowest BCUT2D eigenvalue weighted by Crippen LogP contribution is -2.19. The summed E-state index contributed by atoms with van der Waals surface area (Å²) in [6, 6.07) is 16.3. The van der Waals surface area contributed by atoms with Crippen LogP contribution in [0.25, 0.3) is 0 Å². The van der Waals surface area contributed by atoms with E-state index in [0.29, 0.717) is 18.0 Å². The van der Waals surface area contributed by atoms with Crippen molar-refractivity contribution in [3.63, 3.8) is 0 Å². The van der Waals surface area contributed by atoms with Crippen molar-refractivity contribution in [2.75, 3.05) is 17.2 Å². The number of anilines is 2. The van der Waals surface area contributed by atoms with E-state index >= 15 is 0 Å². The van der Waals surface area contributed by atoms with Crippen LogP contribution in [-0.2, 0) is 0 Å². The molecule has 98 valence electrons. The molecule has 0 aliphatic heterocycles. The third-order valence-corrected chi connectivity index (χ3v) is 2.47. The number of carbonyl (C=O) groups excluding carboxylic acids is 1. The first-order chi connectivity index (χ1) is 9.29. The van der Waals surface area contributed by atoms with Gasteiger partial charge in [-0.3, -0.25) is 0 Å². The molecule has 2 rings (SSSR count). The third kappa shape index (κ3) is 3.74. The fourth-order valence-electron chi connectivity index (χ4n) is 1.66. The zero-order valence-electron chi connectivity index (χ0n) is 10.7. The Hall–Kier alpha value is -2.49. The lowest BCUT2D eigenvalue weighted by Gasteiger charge is -2.11. The zero-order chi connectivity index (χ0) is 13.5. The van der Waals surface area contributed by atoms with E-state index in [-0.39, 0.29) is 6.03 Å². The third-order valence-electron chi connectivity index (χ3n) is 2.47. The number of carbonyl (C=O) groups is 1. The molecule has 2 aromatic carbocycles. The number of ether oxygens (including phenoxy) is 1. The van der Waals surface area contributed by atoms with Crippen molar-refractivity contribution in [3.8, 4) is 5.75 Å². The van der Waals surface area contributed by atoms with Crippen molar-refractivity contribution in [2.45, 2.75) is 6.92 Å². The second-order valence-corrected chi connectivity index (χ2v) is 3.87. The van der Waals surface area contributed by atoms with Crippen molar-refractivity contribution in [1.82, 2.24) is 0 Å². The molecule has 0 unspecified atom stereocenters. The SMILES string of the molecule is CCOc1ccccc1NC(=O)Nc1ccccc1. The summed E-state index contributed by atoms with van der Waals surface area (Å²) in [5.74, 6) is 0.660. The summed E-state index contributed by atoms with van der Waals surface area (Å²) in [4.78, 5) is 11.9. The van der Waals surface area contributed by atoms with Crippen LogP contribution in [0.15, 0.2) is 54.6 Å². The van der Waals surface area contributed by atoms with E-state index in [1.807, 2.05) is 55.5 Å². The Bertz CT molecular complexity index is 541. The molecule has 0 atom stereocenters. The monoisotopic (exact) mass is 256 g/mol. The van der Waals surface area contributed by atoms with E-state index in [0.717, 1.165) is 5.69 Å². The molecular weight excluding hydrogens is 240 g/mol. The molecular formula is C15H16N2O2. The molecule has 2 amide bonds. The first kappa shape index (κ1) is 13.0. The number of amides is 2. The van der Waals surface area contributed by atoms with Gasteiger partial charge in [0.25, 0.3) is 0 Å². The standard InChI is InChI=1S/C15H16N2O2/c1-2-19-14-11-7-6-10-13(14)17-15(18)16-12-8-4-3-5-9-12/h3-11H,2H2,1H3,(H2,16,17,18). The average Bonchev–Trinajstić information content (AvgIpc) is 2.42. The minimum absolute atomic E-state index is 0.293. The van der Waals surface area contributed by atoms with E-state index in [2.05, 4.69) is 10.6 Å². The van der Waals surface area contributed by atoms with Crippen molar-refractivity contribution >= 4 is 17.4 Å². The van der Waals surface area contributed by atoms with Gasteiger partial charge in [-0.15, -0.1) is 0 Å². The van der Waals surface area contributed by atoms with Gasteiger partial charge in [-0.25, -0.2) is 4.79 Å². The predicted molar refractivity (Wildman–Crippen MR) is 76.7 cm³/mol. The Morgan fingerprint density at radius 1 is 1.00 bits per heavy atom. The maximum Gasteiger partial charge on any atom is 0.323 e. The molecule has 0 aliphatic rings. The van der Waals surface area contributed by atoms with E-state index in [1.54, 1.807) is 6.07 Å². The molecule has 0 fully saturated rings. The first-order valence-electron chi connectivity index (χ1n) is 6.14. The quantitative estimate of drug-likeness (QED) is 0.875. The van der Waals surface area contributed by atoms with Crippen molar-refractivity contribution in [3.05, 3.63) is 54.6 Å². The second kappa shape index (κ2) is 6.44. The van der Waals surface area contributed by atoms with Gasteiger partial charge in [0.15, 0.2) is 0 Å². The van der Waals surface area contributed by atoms with Gasteiger partial charge >= 0.3 is 6.03 Å². The van der Waals surface area contributed by atoms with E-state index in [4.69, 9.17) is 4.74 Å². The topological polar surface area (TPSA) is 50.4 Å². The van der Waals surface area contributed by atoms with E-state index < -0.39 is 0 Å². The van der Waals surface area contributed by atoms with Gasteiger partial charge in [0.1, 0.15) is 5.75 Å². The van der Waals surface area contributed by atoms with Crippen LogP contribution in [0.2, 0.25) is 0 Å². The lowest BCUT2D eigenvalue weighted by molar-refractivity contribution is 0.262. The Labute approximate surface area is 112 Å². The summed E-state index contributed by atoms with van der Waals surface area (Å²) in [6.45, 7) is 2.46. The summed E-state index contributed by atoms with van der Waals surface area (Å²) in [5, 5.41) is 5.52. The molecule has 0 aliphatic carbocycles. The van der Waals surface area contributed by atoms with Crippen LogP contribution in [0.1, 0.15) is 6.92 Å². The van der Waals surface area contributed by atoms with Crippen LogP contribution >= 0.6 is 0 Å². The van der Waals surface area contributed by atoms with E-state index in [1.165, 1.54) is 0 Å². The fraction of sp³-hybridized carbons (Fsp3) is 0.133. The summed E-state index contributed by atoms with van der Waals surface area (Å²) in [6.07, 6.45) is 0. The van der Waals surface area contributed by atoms with Gasteiger partial charge < -0.3 is 15.4 Å². The smallest absolute Gasteiger partial charge is 0.323 e. The highest BCUT2D eigenvalue weighted by atomic mass is 16.5. The van der Waals surface area contributed by atoms with Crippen LogP contribution < -0.4 is 15.4 Å². The highest BCUT2D eigenvalue weighted by molar-refractivity contribution is 6.00. The molecule has 2 aromatic rings. The molecule has 4 heteroatoms. The Morgan fingerprint density at radius 3 is 2.42 bits per heavy atom. The molecule has 0 radical (unpaired) electrons. The Balaban J connectivity index is 2.03. The number of urea groups is 1. The first-order valence-corrected chi connectivity index (χ1v) is 6.14. The fourth-order valence-corrected chi connectivity index (χ4v) is 1.66. The Morgan fingerprint density at radius 2 is 1.68 bits per heavy atom. The molecule has 0 saturated carbocycles. The summed E-state index contributed by atoms with van der Waals surface area (Å²) in [7, 11) is 0. The number of hydrogen-bond acceptors (Lipinski definition) is 2. The van der Waals surface area contributed by atoms with Gasteiger partial charge in [-0.1, -0.05) is 30.3 Å². The Kier molecular flexibility index (Phi) is 4.39. The van der Waals surface area contributed by atoms with Gasteiger partial charge in [0, 0.05) is 5.69 Å². The van der Waals surface area contributed by atoms with Gasteiger partial charge in [-0.2, -0.15) is 0 Å². The molecule has 2 N–H and O–H groups in total. The molecule has 0 saturated heterocycles. The van der Waals surface area contributed by atoms with Crippen LogP contribution in [0.3, 0.4) is 0 Å². The maximum absolute atomic E-state index is 11.9. The van der Waals surface area contributed by atoms with Crippen molar-refractivity contribution in [2.24, 2.45) is 0 Å². The van der Waals surface area contributed by atoms with Crippen LogP contribution in [0, 0.1) is 0 Å². The van der Waals surface area contributed by atoms with Crippen LogP contribution in [-0.4, -0.2) is 12.6 Å². The predicted octanol–water partition coefficient (Wildman–Crippen LogP) is 3.73. The second-order valence-electron chi connectivity index (χ2n) is 3.87. The molecule has 4 nitrogen and oxygen atoms in total. The minimum Gasteiger partial charge on any atom is -0.492 e. The molecule has 0 bridgehead atoms. The number of benzene rings is 2. The number of nitrogens with one attached hydrogen (secondary N) is 2. The van der Waals surface area contributed by atoms with Gasteiger partial charge in [-0.05, 0) is 31.2 Å². The molecule has 0 heterocycles. The lowest BCUT2D eigenvalue weighted by atomic mass is 10.3. The van der Waals surface area contributed by atoms with Crippen molar-refractivity contribution in [1.29, 1.82) is 0 Å². The van der Waals surface area contributed by atoms with Gasteiger partial charge in [0.05, 0.1) is 12.3 Å². The van der Waals surface area contributed by atoms with Crippen LogP contribution in [0.4, 0.5) is 16.2 Å². The molecule has 0 aromatic heterocycles. The average molecular weight is 256 g/mol. The summed E-state index contributed by atoms with van der Waals surface area (Å²) in [5.41, 5.74) is 1.40. The number of hydrogen-bond donors (Lipinski definition) is 2. The number of rotatable bonds is 4. The van der Waals surface area contributed by atoms with Crippen LogP contribution in [0.5, 0.6) is 5.75 Å². The summed E-state index contributed by atoms with van der Waals surface area (Å²) < 4.78 is 5.45. The highest BCUT2D eigenvalue weighted by Crippen LogP contribution is 2.23. The number of para-hydroxylation sites is 3. The minimum atomic E-state index is -0.293. The summed E-state index contributed by atoms with van der Waals surface area (Å²) >= 11 is 0. The zero-order valence-corrected chi connectivity index (χ0v) is 10.7.